The Balaban J connectivity index is 0.000000385. The second-order valence-corrected chi connectivity index (χ2v) is 10.2. The van der Waals surface area contributed by atoms with Crippen molar-refractivity contribution < 1.29 is 15.0 Å². The van der Waals surface area contributed by atoms with E-state index in [0.717, 1.165) is 24.3 Å². The lowest BCUT2D eigenvalue weighted by Gasteiger charge is -2.40. The first-order valence-electron chi connectivity index (χ1n) is 12.3. The molecule has 0 radical (unpaired) electrons. The number of halogens is 1. The molecule has 0 spiro atoms. The number of aliphatic hydroxyl groups is 1. The number of carbonyl (C=O) groups is 1. The number of carboxylic acid groups (broad SMARTS) is 1. The standard InChI is InChI=1S/C16H22ClN3O.C11H20O2/c1-15(2,3)16(21,10-20-12-18-11-19-20)9-8-13-4-6-14(17)7-5-13;1-2-3-4-5-6-7-8-9-10-11(12)13/h4-7,11-12,21H,8-10H2,1-3H3;9-10H,2-8H2,1H3,(H,12,13)/b;10-9+. The molecule has 7 heteroatoms. The van der Waals surface area contributed by atoms with Crippen LogP contribution in [-0.2, 0) is 17.8 Å². The van der Waals surface area contributed by atoms with Crippen LogP contribution in [0.1, 0.15) is 84.6 Å². The first-order valence-corrected chi connectivity index (χ1v) is 12.6. The molecule has 1 unspecified atom stereocenters. The van der Waals surface area contributed by atoms with Crippen LogP contribution in [0.25, 0.3) is 0 Å². The molecule has 0 saturated heterocycles. The Bertz CT molecular complexity index is 830. The predicted molar refractivity (Wildman–Crippen MR) is 139 cm³/mol. The van der Waals surface area contributed by atoms with Crippen molar-refractivity contribution in [2.75, 3.05) is 0 Å². The zero-order valence-corrected chi connectivity index (χ0v) is 22.0. The highest BCUT2D eigenvalue weighted by atomic mass is 35.5. The van der Waals surface area contributed by atoms with Crippen molar-refractivity contribution >= 4 is 17.6 Å². The largest absolute Gasteiger partial charge is 0.478 e. The molecule has 1 heterocycles. The third kappa shape index (κ3) is 12.3. The zero-order chi connectivity index (χ0) is 25.5. The molecule has 0 aliphatic heterocycles. The summed E-state index contributed by atoms with van der Waals surface area (Å²) in [7, 11) is 0. The van der Waals surface area contributed by atoms with Gasteiger partial charge >= 0.3 is 5.97 Å². The van der Waals surface area contributed by atoms with Crippen molar-refractivity contribution in [1.29, 1.82) is 0 Å². The summed E-state index contributed by atoms with van der Waals surface area (Å²) in [5, 5.41) is 24.3. The van der Waals surface area contributed by atoms with Crippen LogP contribution in [0.3, 0.4) is 0 Å². The highest BCUT2D eigenvalue weighted by Crippen LogP contribution is 2.35. The van der Waals surface area contributed by atoms with Gasteiger partial charge in [0.1, 0.15) is 12.7 Å². The topological polar surface area (TPSA) is 88.2 Å². The van der Waals surface area contributed by atoms with Crippen molar-refractivity contribution in [2.45, 2.75) is 97.6 Å². The van der Waals surface area contributed by atoms with E-state index in [-0.39, 0.29) is 5.41 Å². The maximum Gasteiger partial charge on any atom is 0.327 e. The van der Waals surface area contributed by atoms with Crippen LogP contribution in [-0.4, -0.2) is 36.5 Å². The van der Waals surface area contributed by atoms with Crippen LogP contribution >= 0.6 is 11.6 Å². The average molecular weight is 492 g/mol. The molecule has 0 aliphatic carbocycles. The van der Waals surface area contributed by atoms with Crippen LogP contribution in [0.4, 0.5) is 0 Å². The van der Waals surface area contributed by atoms with E-state index in [1.54, 1.807) is 17.1 Å². The molecule has 34 heavy (non-hydrogen) atoms. The average Bonchev–Trinajstić information content (AvgIpc) is 3.27. The van der Waals surface area contributed by atoms with Gasteiger partial charge in [-0.15, -0.1) is 0 Å². The van der Waals surface area contributed by atoms with Gasteiger partial charge in [0.15, 0.2) is 0 Å². The van der Waals surface area contributed by atoms with Crippen LogP contribution in [0.5, 0.6) is 0 Å². The van der Waals surface area contributed by atoms with E-state index in [1.165, 1.54) is 50.1 Å². The minimum atomic E-state index is -0.861. The number of aromatic nitrogens is 3. The van der Waals surface area contributed by atoms with E-state index in [9.17, 15) is 9.90 Å². The van der Waals surface area contributed by atoms with Gasteiger partial charge in [-0.2, -0.15) is 5.10 Å². The van der Waals surface area contributed by atoms with Gasteiger partial charge in [0.2, 0.25) is 0 Å². The molecule has 2 aromatic rings. The van der Waals surface area contributed by atoms with Gasteiger partial charge in [0.25, 0.3) is 0 Å². The number of benzene rings is 1. The minimum absolute atomic E-state index is 0.259. The summed E-state index contributed by atoms with van der Waals surface area (Å²) < 4.78 is 1.69. The Morgan fingerprint density at radius 3 is 2.29 bits per heavy atom. The Morgan fingerprint density at radius 1 is 1.09 bits per heavy atom. The maximum absolute atomic E-state index is 11.1. The van der Waals surface area contributed by atoms with E-state index in [2.05, 4.69) is 17.0 Å². The zero-order valence-electron chi connectivity index (χ0n) is 21.2. The number of allylic oxidation sites excluding steroid dienone is 1. The molecule has 1 aromatic heterocycles. The van der Waals surface area contributed by atoms with Crippen molar-refractivity contribution in [3.63, 3.8) is 0 Å². The van der Waals surface area contributed by atoms with Gasteiger partial charge in [-0.05, 0) is 48.8 Å². The normalized spacial score (nSPS) is 13.4. The van der Waals surface area contributed by atoms with Crippen molar-refractivity contribution in [3.8, 4) is 0 Å². The lowest BCUT2D eigenvalue weighted by atomic mass is 9.73. The molecular formula is C27H42ClN3O3. The second-order valence-electron chi connectivity index (χ2n) is 9.80. The first-order chi connectivity index (χ1) is 16.1. The number of carboxylic acids is 1. The summed E-state index contributed by atoms with van der Waals surface area (Å²) in [5.74, 6) is -0.842. The number of hydrogen-bond acceptors (Lipinski definition) is 4. The predicted octanol–water partition coefficient (Wildman–Crippen LogP) is 6.72. The van der Waals surface area contributed by atoms with Crippen LogP contribution in [0.15, 0.2) is 49.1 Å². The van der Waals surface area contributed by atoms with Gasteiger partial charge in [-0.1, -0.05) is 89.6 Å². The van der Waals surface area contributed by atoms with Gasteiger partial charge in [-0.3, -0.25) is 4.68 Å². The van der Waals surface area contributed by atoms with Crippen LogP contribution < -0.4 is 0 Å². The third-order valence-corrected chi connectivity index (χ3v) is 6.26. The maximum atomic E-state index is 11.1. The number of rotatable bonds is 13. The molecule has 190 valence electrons. The first kappa shape index (κ1) is 29.9. The highest BCUT2D eigenvalue weighted by Gasteiger charge is 2.40. The Kier molecular flexibility index (Phi) is 13.8. The van der Waals surface area contributed by atoms with E-state index in [1.807, 2.05) is 45.0 Å². The number of aliphatic carboxylic acids is 1. The molecule has 0 saturated carbocycles. The fraction of sp³-hybridized carbons (Fsp3) is 0.593. The molecule has 0 bridgehead atoms. The second kappa shape index (κ2) is 15.7. The Hall–Kier alpha value is -2.18. The molecule has 1 atom stereocenters. The molecule has 0 fully saturated rings. The number of hydrogen-bond donors (Lipinski definition) is 2. The van der Waals surface area contributed by atoms with Gasteiger partial charge in [0, 0.05) is 11.1 Å². The highest BCUT2D eigenvalue weighted by molar-refractivity contribution is 6.30. The minimum Gasteiger partial charge on any atom is -0.478 e. The number of aryl methyl sites for hydroxylation is 1. The summed E-state index contributed by atoms with van der Waals surface area (Å²) in [6.07, 6.45) is 16.0. The number of unbranched alkanes of at least 4 members (excludes halogenated alkanes) is 6. The summed E-state index contributed by atoms with van der Waals surface area (Å²) in [6.45, 7) is 8.78. The monoisotopic (exact) mass is 491 g/mol. The van der Waals surface area contributed by atoms with E-state index in [4.69, 9.17) is 16.7 Å². The van der Waals surface area contributed by atoms with Crippen molar-refractivity contribution in [3.05, 3.63) is 59.7 Å². The number of nitrogens with zero attached hydrogens (tertiary/aromatic N) is 3. The molecule has 6 nitrogen and oxygen atoms in total. The Morgan fingerprint density at radius 2 is 1.74 bits per heavy atom. The summed E-state index contributed by atoms with van der Waals surface area (Å²) >= 11 is 5.90. The molecule has 1 aromatic carbocycles. The molecule has 2 rings (SSSR count). The van der Waals surface area contributed by atoms with Crippen molar-refractivity contribution in [1.82, 2.24) is 14.8 Å². The lowest BCUT2D eigenvalue weighted by molar-refractivity contribution is -0.131. The fourth-order valence-corrected chi connectivity index (χ4v) is 3.63. The van der Waals surface area contributed by atoms with Gasteiger partial charge in [-0.25, -0.2) is 9.78 Å². The van der Waals surface area contributed by atoms with Gasteiger partial charge < -0.3 is 10.2 Å². The Labute approximate surface area is 210 Å². The SMILES string of the molecule is CC(C)(C)C(O)(CCc1ccc(Cl)cc1)Cn1cncn1.CCCCCCCC/C=C/C(=O)O. The lowest BCUT2D eigenvalue weighted by Crippen LogP contribution is -2.47. The third-order valence-electron chi connectivity index (χ3n) is 6.01. The van der Waals surface area contributed by atoms with Crippen LogP contribution in [0, 0.1) is 5.41 Å². The van der Waals surface area contributed by atoms with E-state index < -0.39 is 11.6 Å². The quantitative estimate of drug-likeness (QED) is 0.240. The van der Waals surface area contributed by atoms with Crippen LogP contribution in [0.2, 0.25) is 5.02 Å². The van der Waals surface area contributed by atoms with Gasteiger partial charge in [0.05, 0.1) is 12.1 Å². The van der Waals surface area contributed by atoms with Crippen molar-refractivity contribution in [2.24, 2.45) is 5.41 Å². The molecule has 0 amide bonds. The summed E-state index contributed by atoms with van der Waals surface area (Å²) in [4.78, 5) is 14.0. The smallest absolute Gasteiger partial charge is 0.327 e. The van der Waals surface area contributed by atoms with E-state index >= 15 is 0 Å². The fourth-order valence-electron chi connectivity index (χ4n) is 3.50. The molecule has 0 aliphatic rings. The molecule has 2 N–H and O–H groups in total. The summed E-state index contributed by atoms with van der Waals surface area (Å²) in [6, 6.07) is 7.76. The molecular weight excluding hydrogens is 450 g/mol. The van der Waals surface area contributed by atoms with E-state index in [0.29, 0.717) is 13.0 Å². The summed E-state index contributed by atoms with van der Waals surface area (Å²) in [5.41, 5.74) is 0.0479.